The Kier molecular flexibility index (Phi) is 8.04. The minimum Gasteiger partial charge on any atom is -0.332 e. The molecule has 2 aromatic carbocycles. The molecule has 0 spiro atoms. The average Bonchev–Trinajstić information content (AvgIpc) is 3.18. The van der Waals surface area contributed by atoms with E-state index in [0.29, 0.717) is 23.7 Å². The van der Waals surface area contributed by atoms with Crippen LogP contribution in [0.25, 0.3) is 0 Å². The fourth-order valence-corrected chi connectivity index (χ4v) is 4.24. The van der Waals surface area contributed by atoms with Crippen LogP contribution in [-0.2, 0) is 17.9 Å². The Morgan fingerprint density at radius 1 is 0.968 bits per heavy atom. The number of nitrogens with zero attached hydrogens (tertiary/aromatic N) is 2. The molecule has 3 aromatic rings. The lowest BCUT2D eigenvalue weighted by Crippen LogP contribution is -2.42. The molecule has 0 saturated carbocycles. The van der Waals surface area contributed by atoms with Gasteiger partial charge in [-0.25, -0.2) is 0 Å². The van der Waals surface area contributed by atoms with Crippen LogP contribution in [0.3, 0.4) is 0 Å². The van der Waals surface area contributed by atoms with Crippen LogP contribution in [0.4, 0.5) is 0 Å². The standard InChI is InChI=1S/C25H25ClN2O2S/c1-3-15-27(25(30)21-10-12-22(26)13-11-21)18-24(29)28(16-20-7-5-4-6-8-20)17-23-14-9-19(2)31-23/h3-14H,1,15-18H2,2H3. The molecule has 0 fully saturated rings. The Morgan fingerprint density at radius 3 is 2.29 bits per heavy atom. The summed E-state index contributed by atoms with van der Waals surface area (Å²) in [5, 5.41) is 0.558. The zero-order valence-electron chi connectivity index (χ0n) is 17.5. The molecule has 0 bridgehead atoms. The summed E-state index contributed by atoms with van der Waals surface area (Å²) in [6.07, 6.45) is 1.63. The van der Waals surface area contributed by atoms with Crippen molar-refractivity contribution in [1.82, 2.24) is 9.80 Å². The summed E-state index contributed by atoms with van der Waals surface area (Å²) >= 11 is 7.61. The summed E-state index contributed by atoms with van der Waals surface area (Å²) in [5.74, 6) is -0.337. The highest BCUT2D eigenvalue weighted by atomic mass is 35.5. The Labute approximate surface area is 192 Å². The summed E-state index contributed by atoms with van der Waals surface area (Å²) in [6, 6.07) is 20.7. The fourth-order valence-electron chi connectivity index (χ4n) is 3.21. The van der Waals surface area contributed by atoms with E-state index in [2.05, 4.69) is 12.6 Å². The molecule has 0 aliphatic heterocycles. The second-order valence-electron chi connectivity index (χ2n) is 7.23. The van der Waals surface area contributed by atoms with Gasteiger partial charge in [0, 0.05) is 33.4 Å². The van der Waals surface area contributed by atoms with Crippen LogP contribution in [0.1, 0.15) is 25.7 Å². The number of carbonyl (C=O) groups excluding carboxylic acids is 2. The summed E-state index contributed by atoms with van der Waals surface area (Å²) in [6.45, 7) is 7.03. The number of hydrogen-bond acceptors (Lipinski definition) is 3. The van der Waals surface area contributed by atoms with E-state index >= 15 is 0 Å². The summed E-state index contributed by atoms with van der Waals surface area (Å²) in [4.78, 5) is 31.9. The lowest BCUT2D eigenvalue weighted by molar-refractivity contribution is -0.133. The Balaban J connectivity index is 1.79. The Hall–Kier alpha value is -2.89. The van der Waals surface area contributed by atoms with Gasteiger partial charge in [-0.2, -0.15) is 0 Å². The number of benzene rings is 2. The first-order valence-corrected chi connectivity index (χ1v) is 11.2. The third-order valence-corrected chi connectivity index (χ3v) is 6.00. The van der Waals surface area contributed by atoms with E-state index in [-0.39, 0.29) is 24.9 Å². The van der Waals surface area contributed by atoms with E-state index in [0.717, 1.165) is 10.4 Å². The van der Waals surface area contributed by atoms with Crippen LogP contribution in [0, 0.1) is 6.92 Å². The molecule has 2 amide bonds. The Bertz CT molecular complexity index is 1030. The molecule has 160 valence electrons. The van der Waals surface area contributed by atoms with Crippen molar-refractivity contribution in [1.29, 1.82) is 0 Å². The van der Waals surface area contributed by atoms with Crippen LogP contribution in [0.5, 0.6) is 0 Å². The molecule has 31 heavy (non-hydrogen) atoms. The molecule has 0 saturated heterocycles. The topological polar surface area (TPSA) is 40.6 Å². The molecular formula is C25H25ClN2O2S. The molecule has 0 aliphatic rings. The van der Waals surface area contributed by atoms with E-state index < -0.39 is 0 Å². The average molecular weight is 453 g/mol. The fraction of sp³-hybridized carbons (Fsp3) is 0.200. The third kappa shape index (κ3) is 6.54. The first-order chi connectivity index (χ1) is 15.0. The van der Waals surface area contributed by atoms with Crippen molar-refractivity contribution in [2.75, 3.05) is 13.1 Å². The van der Waals surface area contributed by atoms with Gasteiger partial charge in [-0.05, 0) is 48.9 Å². The molecule has 0 aliphatic carbocycles. The molecule has 0 radical (unpaired) electrons. The van der Waals surface area contributed by atoms with Crippen molar-refractivity contribution < 1.29 is 9.59 Å². The number of thiophene rings is 1. The van der Waals surface area contributed by atoms with Crippen LogP contribution in [-0.4, -0.2) is 34.7 Å². The third-order valence-electron chi connectivity index (χ3n) is 4.77. The number of hydrogen-bond donors (Lipinski definition) is 0. The van der Waals surface area contributed by atoms with E-state index in [1.807, 2.05) is 43.3 Å². The van der Waals surface area contributed by atoms with Crippen LogP contribution in [0.15, 0.2) is 79.4 Å². The van der Waals surface area contributed by atoms with Gasteiger partial charge in [0.25, 0.3) is 5.91 Å². The molecule has 0 atom stereocenters. The zero-order valence-corrected chi connectivity index (χ0v) is 19.0. The van der Waals surface area contributed by atoms with Crippen LogP contribution in [0.2, 0.25) is 5.02 Å². The van der Waals surface area contributed by atoms with Gasteiger partial charge < -0.3 is 9.80 Å². The lowest BCUT2D eigenvalue weighted by atomic mass is 10.2. The molecular weight excluding hydrogens is 428 g/mol. The van der Waals surface area contributed by atoms with Crippen molar-refractivity contribution in [3.8, 4) is 0 Å². The van der Waals surface area contributed by atoms with E-state index in [1.54, 1.807) is 46.6 Å². The van der Waals surface area contributed by atoms with Gasteiger partial charge in [0.15, 0.2) is 0 Å². The van der Waals surface area contributed by atoms with E-state index in [1.165, 1.54) is 9.78 Å². The number of amides is 2. The second-order valence-corrected chi connectivity index (χ2v) is 9.04. The lowest BCUT2D eigenvalue weighted by Gasteiger charge is -2.27. The van der Waals surface area contributed by atoms with Crippen molar-refractivity contribution in [2.45, 2.75) is 20.0 Å². The van der Waals surface area contributed by atoms with Gasteiger partial charge in [0.2, 0.25) is 5.91 Å². The first-order valence-electron chi connectivity index (χ1n) is 9.99. The largest absolute Gasteiger partial charge is 0.332 e. The number of halogens is 1. The van der Waals surface area contributed by atoms with Crippen LogP contribution < -0.4 is 0 Å². The highest BCUT2D eigenvalue weighted by Crippen LogP contribution is 2.19. The summed E-state index contributed by atoms with van der Waals surface area (Å²) in [7, 11) is 0. The van der Waals surface area contributed by atoms with Crippen molar-refractivity contribution >= 4 is 34.8 Å². The molecule has 3 rings (SSSR count). The minimum absolute atomic E-state index is 0.0231. The molecule has 1 aromatic heterocycles. The summed E-state index contributed by atoms with van der Waals surface area (Å²) in [5.41, 5.74) is 1.53. The van der Waals surface area contributed by atoms with Crippen molar-refractivity contribution in [3.05, 3.63) is 105 Å². The van der Waals surface area contributed by atoms with Gasteiger partial charge in [-0.1, -0.05) is 48.0 Å². The SMILES string of the molecule is C=CCN(CC(=O)N(Cc1ccccc1)Cc1ccc(C)s1)C(=O)c1ccc(Cl)cc1. The molecule has 0 N–H and O–H groups in total. The molecule has 0 unspecified atom stereocenters. The number of rotatable bonds is 9. The number of aryl methyl sites for hydroxylation is 1. The van der Waals surface area contributed by atoms with Gasteiger partial charge in [-0.15, -0.1) is 17.9 Å². The molecule has 1 heterocycles. The predicted octanol–water partition coefficient (Wildman–Crippen LogP) is 5.57. The smallest absolute Gasteiger partial charge is 0.254 e. The van der Waals surface area contributed by atoms with Crippen LogP contribution >= 0.6 is 22.9 Å². The van der Waals surface area contributed by atoms with Gasteiger partial charge in [-0.3, -0.25) is 9.59 Å². The minimum atomic E-state index is -0.225. The highest BCUT2D eigenvalue weighted by molar-refractivity contribution is 7.11. The highest BCUT2D eigenvalue weighted by Gasteiger charge is 2.22. The first kappa shape index (κ1) is 22.8. The van der Waals surface area contributed by atoms with Crippen molar-refractivity contribution in [2.24, 2.45) is 0 Å². The summed E-state index contributed by atoms with van der Waals surface area (Å²) < 4.78 is 0. The predicted molar refractivity (Wildman–Crippen MR) is 127 cm³/mol. The van der Waals surface area contributed by atoms with E-state index in [9.17, 15) is 9.59 Å². The normalized spacial score (nSPS) is 10.5. The quantitative estimate of drug-likeness (QED) is 0.398. The zero-order chi connectivity index (χ0) is 22.2. The van der Waals surface area contributed by atoms with Gasteiger partial charge in [0.1, 0.15) is 6.54 Å². The Morgan fingerprint density at radius 2 is 1.68 bits per heavy atom. The molecule has 4 nitrogen and oxygen atoms in total. The van der Waals surface area contributed by atoms with Gasteiger partial charge in [0.05, 0.1) is 6.54 Å². The van der Waals surface area contributed by atoms with Gasteiger partial charge >= 0.3 is 0 Å². The maximum Gasteiger partial charge on any atom is 0.254 e. The number of carbonyl (C=O) groups is 2. The maximum atomic E-state index is 13.3. The maximum absolute atomic E-state index is 13.3. The monoisotopic (exact) mass is 452 g/mol. The van der Waals surface area contributed by atoms with E-state index in [4.69, 9.17) is 11.6 Å². The second kappa shape index (κ2) is 10.9. The molecule has 6 heteroatoms. The van der Waals surface area contributed by atoms with Crippen molar-refractivity contribution in [3.63, 3.8) is 0 Å².